The monoisotopic (exact) mass is 267 g/mol. The summed E-state index contributed by atoms with van der Waals surface area (Å²) in [6, 6.07) is 4.91. The fraction of sp³-hybridized carbons (Fsp3) is 0.100. The van der Waals surface area contributed by atoms with Crippen molar-refractivity contribution in [3.05, 3.63) is 35.1 Å². The number of aromatic nitrogens is 3. The second-order valence-corrected chi connectivity index (χ2v) is 3.84. The highest BCUT2D eigenvalue weighted by atomic mass is 35.5. The highest BCUT2D eigenvalue weighted by Crippen LogP contribution is 2.28. The van der Waals surface area contributed by atoms with E-state index in [1.165, 1.54) is 17.1 Å². The number of benzene rings is 1. The normalized spacial score (nSPS) is 11.6. The molecule has 1 aromatic heterocycles. The number of nitrogens with zero attached hydrogens (tertiary/aromatic N) is 4. The Hall–Kier alpha value is -2.28. The Balaban J connectivity index is 2.25. The van der Waals surface area contributed by atoms with E-state index in [0.29, 0.717) is 16.3 Å². The Kier molecular flexibility index (Phi) is 3.33. The van der Waals surface area contributed by atoms with Crippen molar-refractivity contribution in [3.63, 3.8) is 0 Å². The molecule has 94 valence electrons. The molecule has 7 nitrogen and oxygen atoms in total. The molecule has 0 aliphatic heterocycles. The average molecular weight is 268 g/mol. The fourth-order valence-corrected chi connectivity index (χ4v) is 1.48. The number of halogens is 1. The minimum absolute atomic E-state index is 0.0283. The standard InChI is InChI=1S/C10H10ClN5O2/c1-16-5-13-10(14-16)18-8-3-2-6(4-7(8)11)9(12)15-17/h2-5,17H,1H3,(H2,12,15). The van der Waals surface area contributed by atoms with Gasteiger partial charge in [-0.25, -0.2) is 0 Å². The first-order valence-electron chi connectivity index (χ1n) is 4.91. The van der Waals surface area contributed by atoms with Crippen molar-refractivity contribution in [1.29, 1.82) is 0 Å². The molecule has 1 aromatic carbocycles. The third-order valence-corrected chi connectivity index (χ3v) is 2.41. The van der Waals surface area contributed by atoms with Crippen LogP contribution < -0.4 is 10.5 Å². The van der Waals surface area contributed by atoms with Gasteiger partial charge in [0.25, 0.3) is 0 Å². The van der Waals surface area contributed by atoms with Gasteiger partial charge in [0.05, 0.1) is 5.02 Å². The number of oxime groups is 1. The van der Waals surface area contributed by atoms with Crippen LogP contribution in [0.15, 0.2) is 29.7 Å². The molecule has 8 heteroatoms. The molecule has 2 aromatic rings. The summed E-state index contributed by atoms with van der Waals surface area (Å²) < 4.78 is 6.89. The van der Waals surface area contributed by atoms with Crippen LogP contribution in [0, 0.1) is 0 Å². The van der Waals surface area contributed by atoms with Crippen LogP contribution in [0.25, 0.3) is 0 Å². The van der Waals surface area contributed by atoms with Gasteiger partial charge >= 0.3 is 6.01 Å². The fourth-order valence-electron chi connectivity index (χ4n) is 1.27. The molecular weight excluding hydrogens is 258 g/mol. The van der Waals surface area contributed by atoms with Gasteiger partial charge in [-0.15, -0.1) is 5.10 Å². The van der Waals surface area contributed by atoms with E-state index in [2.05, 4.69) is 15.2 Å². The topological polar surface area (TPSA) is 98.6 Å². The summed E-state index contributed by atoms with van der Waals surface area (Å²) >= 11 is 6.01. The Morgan fingerprint density at radius 1 is 1.56 bits per heavy atom. The van der Waals surface area contributed by atoms with Gasteiger partial charge in [0.1, 0.15) is 12.1 Å². The Morgan fingerprint density at radius 3 is 2.89 bits per heavy atom. The van der Waals surface area contributed by atoms with Crippen molar-refractivity contribution >= 4 is 17.4 Å². The molecule has 0 aliphatic rings. The molecule has 2 rings (SSSR count). The lowest BCUT2D eigenvalue weighted by Crippen LogP contribution is -2.12. The lowest BCUT2D eigenvalue weighted by Gasteiger charge is -2.05. The SMILES string of the molecule is Cn1cnc(Oc2ccc(/C(N)=N/O)cc2Cl)n1. The smallest absolute Gasteiger partial charge is 0.341 e. The molecule has 18 heavy (non-hydrogen) atoms. The number of amidine groups is 1. The maximum absolute atomic E-state index is 8.55. The van der Waals surface area contributed by atoms with Gasteiger partial charge in [-0.1, -0.05) is 16.8 Å². The summed E-state index contributed by atoms with van der Waals surface area (Å²) in [4.78, 5) is 3.91. The summed E-state index contributed by atoms with van der Waals surface area (Å²) in [7, 11) is 1.73. The quantitative estimate of drug-likeness (QED) is 0.379. The van der Waals surface area contributed by atoms with Gasteiger partial charge in [0.15, 0.2) is 5.84 Å². The summed E-state index contributed by atoms with van der Waals surface area (Å²) in [5, 5.41) is 15.7. The maximum atomic E-state index is 8.55. The van der Waals surface area contributed by atoms with Gasteiger partial charge in [0.2, 0.25) is 0 Å². The van der Waals surface area contributed by atoms with Crippen LogP contribution in [-0.4, -0.2) is 25.8 Å². The van der Waals surface area contributed by atoms with Crippen molar-refractivity contribution in [2.24, 2.45) is 17.9 Å². The highest BCUT2D eigenvalue weighted by Gasteiger charge is 2.09. The first-order valence-corrected chi connectivity index (χ1v) is 5.29. The second kappa shape index (κ2) is 4.92. The van der Waals surface area contributed by atoms with Crippen molar-refractivity contribution in [1.82, 2.24) is 14.8 Å². The van der Waals surface area contributed by atoms with Gasteiger partial charge in [-0.05, 0) is 18.2 Å². The average Bonchev–Trinajstić information content (AvgIpc) is 2.76. The number of nitrogens with two attached hydrogens (primary N) is 1. The molecule has 0 aliphatic carbocycles. The summed E-state index contributed by atoms with van der Waals surface area (Å²) in [6.45, 7) is 0. The Labute approximate surface area is 107 Å². The summed E-state index contributed by atoms with van der Waals surface area (Å²) in [5.74, 6) is 0.358. The molecule has 3 N–H and O–H groups in total. The van der Waals surface area contributed by atoms with Crippen molar-refractivity contribution in [2.45, 2.75) is 0 Å². The van der Waals surface area contributed by atoms with Crippen LogP contribution in [0.2, 0.25) is 5.02 Å². The summed E-state index contributed by atoms with van der Waals surface area (Å²) in [6.07, 6.45) is 1.51. The molecule has 0 spiro atoms. The number of hydrogen-bond donors (Lipinski definition) is 2. The van der Waals surface area contributed by atoms with E-state index in [1.807, 2.05) is 0 Å². The minimum Gasteiger partial charge on any atom is -0.422 e. The van der Waals surface area contributed by atoms with E-state index in [9.17, 15) is 0 Å². The van der Waals surface area contributed by atoms with Crippen LogP contribution in [-0.2, 0) is 7.05 Å². The van der Waals surface area contributed by atoms with E-state index >= 15 is 0 Å². The minimum atomic E-state index is -0.0283. The predicted molar refractivity (Wildman–Crippen MR) is 65.0 cm³/mol. The zero-order valence-electron chi connectivity index (χ0n) is 9.41. The third-order valence-electron chi connectivity index (χ3n) is 2.12. The van der Waals surface area contributed by atoms with Gasteiger partial charge < -0.3 is 15.7 Å². The van der Waals surface area contributed by atoms with E-state index in [-0.39, 0.29) is 11.8 Å². The molecule has 0 fully saturated rings. The first kappa shape index (κ1) is 12.2. The largest absolute Gasteiger partial charge is 0.422 e. The number of hydrogen-bond acceptors (Lipinski definition) is 5. The van der Waals surface area contributed by atoms with Crippen molar-refractivity contribution in [3.8, 4) is 11.8 Å². The zero-order valence-corrected chi connectivity index (χ0v) is 10.2. The predicted octanol–water partition coefficient (Wildman–Crippen LogP) is 1.36. The van der Waals surface area contributed by atoms with Crippen LogP contribution in [0.4, 0.5) is 0 Å². The molecule has 0 radical (unpaired) electrons. The van der Waals surface area contributed by atoms with Crippen LogP contribution in [0.5, 0.6) is 11.8 Å². The van der Waals surface area contributed by atoms with Gasteiger partial charge in [-0.2, -0.15) is 4.98 Å². The van der Waals surface area contributed by atoms with Crippen molar-refractivity contribution in [2.75, 3.05) is 0 Å². The van der Waals surface area contributed by atoms with Gasteiger partial charge in [-0.3, -0.25) is 4.68 Å². The molecule has 0 saturated carbocycles. The maximum Gasteiger partial charge on any atom is 0.341 e. The highest BCUT2D eigenvalue weighted by molar-refractivity contribution is 6.32. The number of ether oxygens (including phenoxy) is 1. The van der Waals surface area contributed by atoms with E-state index in [4.69, 9.17) is 27.3 Å². The third kappa shape index (κ3) is 2.51. The zero-order chi connectivity index (χ0) is 13.1. The lowest BCUT2D eigenvalue weighted by molar-refractivity contribution is 0.318. The second-order valence-electron chi connectivity index (χ2n) is 3.43. The van der Waals surface area contributed by atoms with Gasteiger partial charge in [0, 0.05) is 12.6 Å². The van der Waals surface area contributed by atoms with Crippen LogP contribution in [0.3, 0.4) is 0 Å². The molecule has 0 bridgehead atoms. The molecule has 1 heterocycles. The molecule has 0 saturated heterocycles. The first-order chi connectivity index (χ1) is 8.60. The van der Waals surface area contributed by atoms with E-state index in [1.54, 1.807) is 19.2 Å². The number of aryl methyl sites for hydroxylation is 1. The van der Waals surface area contributed by atoms with Crippen LogP contribution in [0.1, 0.15) is 5.56 Å². The molecule has 0 atom stereocenters. The Bertz CT molecular complexity index is 596. The molecule has 0 unspecified atom stereocenters. The Morgan fingerprint density at radius 2 is 2.33 bits per heavy atom. The molecule has 0 amide bonds. The number of rotatable bonds is 3. The lowest BCUT2D eigenvalue weighted by atomic mass is 10.2. The van der Waals surface area contributed by atoms with E-state index < -0.39 is 0 Å². The summed E-state index contributed by atoms with van der Waals surface area (Å²) in [5.41, 5.74) is 5.93. The van der Waals surface area contributed by atoms with Crippen LogP contribution >= 0.6 is 11.6 Å². The van der Waals surface area contributed by atoms with E-state index in [0.717, 1.165) is 0 Å². The molecular formula is C10H10ClN5O2. The van der Waals surface area contributed by atoms with Crippen molar-refractivity contribution < 1.29 is 9.94 Å².